The maximum atomic E-state index is 12.7. The molecule has 7 heteroatoms. The number of aryl methyl sites for hydroxylation is 1. The molecule has 1 aliphatic carbocycles. The highest BCUT2D eigenvalue weighted by Gasteiger charge is 2.43. The second-order valence-corrected chi connectivity index (χ2v) is 5.93. The number of hydrogen-bond donors (Lipinski definition) is 0. The van der Waals surface area contributed by atoms with Gasteiger partial charge >= 0.3 is 6.18 Å². The van der Waals surface area contributed by atoms with E-state index in [1.54, 1.807) is 4.68 Å². The Labute approximate surface area is 126 Å². The van der Waals surface area contributed by atoms with Crippen molar-refractivity contribution in [1.29, 1.82) is 0 Å². The minimum absolute atomic E-state index is 0.0133. The van der Waals surface area contributed by atoms with Gasteiger partial charge in [0.2, 0.25) is 0 Å². The van der Waals surface area contributed by atoms with Gasteiger partial charge in [-0.3, -0.25) is 9.48 Å². The second kappa shape index (κ2) is 6.38. The Morgan fingerprint density at radius 1 is 1.38 bits per heavy atom. The molecule has 21 heavy (non-hydrogen) atoms. The first-order valence-electron chi connectivity index (χ1n) is 7.16. The number of Topliss-reactive ketones (excluding diaryl/α,β-unsaturated/α-hetero) is 1. The van der Waals surface area contributed by atoms with Gasteiger partial charge in [-0.15, -0.1) is 0 Å². The third-order valence-corrected chi connectivity index (χ3v) is 4.30. The van der Waals surface area contributed by atoms with Crippen LogP contribution in [-0.4, -0.2) is 21.7 Å². The summed E-state index contributed by atoms with van der Waals surface area (Å²) in [5, 5.41) is 4.34. The quantitative estimate of drug-likeness (QED) is 0.765. The van der Waals surface area contributed by atoms with Crippen molar-refractivity contribution in [3.63, 3.8) is 0 Å². The Morgan fingerprint density at radius 2 is 2.00 bits per heavy atom. The molecule has 1 aromatic heterocycles. The molecule has 0 bridgehead atoms. The number of ketones is 1. The van der Waals surface area contributed by atoms with E-state index >= 15 is 0 Å². The molecule has 1 saturated carbocycles. The van der Waals surface area contributed by atoms with Crippen molar-refractivity contribution in [2.75, 3.05) is 0 Å². The number of hydrogen-bond acceptors (Lipinski definition) is 2. The molecule has 0 N–H and O–H groups in total. The predicted octanol–water partition coefficient (Wildman–Crippen LogP) is 4.50. The molecule has 1 fully saturated rings. The molecule has 1 aliphatic rings. The van der Waals surface area contributed by atoms with Crippen LogP contribution in [-0.2, 0) is 6.54 Å². The predicted molar refractivity (Wildman–Crippen MR) is 73.4 cm³/mol. The van der Waals surface area contributed by atoms with Gasteiger partial charge in [-0.25, -0.2) is 0 Å². The Bertz CT molecular complexity index is 505. The van der Waals surface area contributed by atoms with Crippen LogP contribution in [0.3, 0.4) is 0 Å². The number of carbonyl (C=O) groups is 1. The van der Waals surface area contributed by atoms with E-state index in [9.17, 15) is 18.0 Å². The van der Waals surface area contributed by atoms with Crippen molar-refractivity contribution in [1.82, 2.24) is 9.78 Å². The van der Waals surface area contributed by atoms with Gasteiger partial charge in [0, 0.05) is 12.5 Å². The first kappa shape index (κ1) is 16.3. The van der Waals surface area contributed by atoms with E-state index in [1.807, 2.05) is 6.92 Å². The molecule has 0 spiro atoms. The Morgan fingerprint density at radius 3 is 2.52 bits per heavy atom. The van der Waals surface area contributed by atoms with Crippen LogP contribution in [0.15, 0.2) is 6.20 Å². The summed E-state index contributed by atoms with van der Waals surface area (Å²) >= 11 is 6.01. The van der Waals surface area contributed by atoms with Gasteiger partial charge in [-0.2, -0.15) is 18.3 Å². The van der Waals surface area contributed by atoms with Crippen molar-refractivity contribution < 1.29 is 18.0 Å². The highest BCUT2D eigenvalue weighted by atomic mass is 35.5. The first-order valence-corrected chi connectivity index (χ1v) is 7.54. The average Bonchev–Trinajstić information content (AvgIpc) is 2.79. The molecular weight excluding hydrogens is 305 g/mol. The van der Waals surface area contributed by atoms with E-state index in [-0.39, 0.29) is 42.4 Å². The topological polar surface area (TPSA) is 34.9 Å². The highest BCUT2D eigenvalue weighted by molar-refractivity contribution is 6.33. The van der Waals surface area contributed by atoms with Crippen molar-refractivity contribution >= 4 is 17.4 Å². The summed E-state index contributed by atoms with van der Waals surface area (Å²) in [5.74, 6) is -1.84. The molecule has 1 heterocycles. The smallest absolute Gasteiger partial charge is 0.292 e. The number of carbonyl (C=O) groups excluding carboxylic acids is 1. The van der Waals surface area contributed by atoms with E-state index in [0.717, 1.165) is 6.42 Å². The van der Waals surface area contributed by atoms with Crippen molar-refractivity contribution in [2.45, 2.75) is 51.7 Å². The van der Waals surface area contributed by atoms with Crippen LogP contribution in [0.25, 0.3) is 0 Å². The van der Waals surface area contributed by atoms with E-state index in [1.165, 1.54) is 6.20 Å². The molecule has 3 nitrogen and oxygen atoms in total. The lowest BCUT2D eigenvalue weighted by atomic mass is 9.79. The van der Waals surface area contributed by atoms with Gasteiger partial charge in [0.05, 0.1) is 17.1 Å². The number of nitrogens with zero attached hydrogens (tertiary/aromatic N) is 2. The third-order valence-electron chi connectivity index (χ3n) is 4.02. The maximum Gasteiger partial charge on any atom is 0.391 e. The fourth-order valence-electron chi connectivity index (χ4n) is 2.87. The van der Waals surface area contributed by atoms with Crippen LogP contribution in [0, 0.1) is 11.8 Å². The van der Waals surface area contributed by atoms with E-state index < -0.39 is 12.1 Å². The summed E-state index contributed by atoms with van der Waals surface area (Å²) in [7, 11) is 0. The average molecular weight is 323 g/mol. The zero-order valence-electron chi connectivity index (χ0n) is 11.8. The number of rotatable bonds is 4. The van der Waals surface area contributed by atoms with E-state index in [4.69, 9.17) is 11.6 Å². The zero-order valence-corrected chi connectivity index (χ0v) is 12.5. The van der Waals surface area contributed by atoms with Gasteiger partial charge in [0.15, 0.2) is 5.78 Å². The van der Waals surface area contributed by atoms with Crippen molar-refractivity contribution in [2.24, 2.45) is 11.8 Å². The fourth-order valence-corrected chi connectivity index (χ4v) is 3.10. The molecule has 1 aromatic rings. The molecular formula is C14H18ClF3N2O. The number of halogens is 4. The summed E-state index contributed by atoms with van der Waals surface area (Å²) in [6, 6.07) is 0. The third kappa shape index (κ3) is 3.59. The molecule has 0 unspecified atom stereocenters. The number of alkyl halides is 3. The van der Waals surface area contributed by atoms with Crippen LogP contribution < -0.4 is 0 Å². The minimum Gasteiger partial charge on any atom is -0.292 e. The molecule has 0 radical (unpaired) electrons. The Hall–Kier alpha value is -1.04. The normalized spacial score (nSPS) is 23.3. The lowest BCUT2D eigenvalue weighted by Crippen LogP contribution is -2.31. The molecule has 0 saturated heterocycles. The summed E-state index contributed by atoms with van der Waals surface area (Å²) in [5.41, 5.74) is 0.342. The Kier molecular flexibility index (Phi) is 4.96. The molecule has 0 atom stereocenters. The highest BCUT2D eigenvalue weighted by Crippen LogP contribution is 2.40. The lowest BCUT2D eigenvalue weighted by Gasteiger charge is -2.29. The maximum absolute atomic E-state index is 12.7. The van der Waals surface area contributed by atoms with E-state index in [0.29, 0.717) is 12.2 Å². The van der Waals surface area contributed by atoms with Gasteiger partial charge < -0.3 is 0 Å². The summed E-state index contributed by atoms with van der Waals surface area (Å²) in [6.45, 7) is 2.53. The van der Waals surface area contributed by atoms with Gasteiger partial charge in [0.25, 0.3) is 0 Å². The van der Waals surface area contributed by atoms with Crippen LogP contribution in [0.5, 0.6) is 0 Å². The summed E-state index contributed by atoms with van der Waals surface area (Å²) < 4.78 is 39.5. The van der Waals surface area contributed by atoms with Crippen LogP contribution in [0.4, 0.5) is 13.2 Å². The largest absolute Gasteiger partial charge is 0.391 e. The molecule has 0 aliphatic heterocycles. The number of aromatic nitrogens is 2. The Balaban J connectivity index is 2.07. The van der Waals surface area contributed by atoms with Crippen molar-refractivity contribution in [3.8, 4) is 0 Å². The molecule has 0 amide bonds. The van der Waals surface area contributed by atoms with Crippen LogP contribution in [0.1, 0.15) is 49.5 Å². The standard InChI is InChI=1S/C14H18ClF3N2O/c1-2-7-20-12(11(15)8-19-20)13(21)9-3-5-10(6-4-9)14(16,17)18/h8-10H,2-7H2,1H3. The second-order valence-electron chi connectivity index (χ2n) is 5.52. The molecule has 118 valence electrons. The van der Waals surface area contributed by atoms with E-state index in [2.05, 4.69) is 5.10 Å². The summed E-state index contributed by atoms with van der Waals surface area (Å²) in [4.78, 5) is 12.5. The van der Waals surface area contributed by atoms with Crippen LogP contribution in [0.2, 0.25) is 5.02 Å². The monoisotopic (exact) mass is 322 g/mol. The van der Waals surface area contributed by atoms with Gasteiger partial charge in [-0.05, 0) is 32.1 Å². The van der Waals surface area contributed by atoms with Gasteiger partial charge in [-0.1, -0.05) is 18.5 Å². The first-order chi connectivity index (χ1) is 9.84. The lowest BCUT2D eigenvalue weighted by molar-refractivity contribution is -0.183. The summed E-state index contributed by atoms with van der Waals surface area (Å²) in [6.07, 6.45) is -1.38. The molecule has 0 aromatic carbocycles. The molecule has 2 rings (SSSR count). The minimum atomic E-state index is -4.16. The zero-order chi connectivity index (χ0) is 15.6. The fraction of sp³-hybridized carbons (Fsp3) is 0.714. The van der Waals surface area contributed by atoms with Crippen molar-refractivity contribution in [3.05, 3.63) is 16.9 Å². The SMILES string of the molecule is CCCn1ncc(Cl)c1C(=O)C1CCC(C(F)(F)F)CC1. The van der Waals surface area contributed by atoms with Crippen LogP contribution >= 0.6 is 11.6 Å². The van der Waals surface area contributed by atoms with Gasteiger partial charge in [0.1, 0.15) is 5.69 Å².